The van der Waals surface area contributed by atoms with Crippen LogP contribution in [0, 0.1) is 0 Å². The predicted molar refractivity (Wildman–Crippen MR) is 50.3 cm³/mol. The molecular weight excluding hydrogens is 168 g/mol. The van der Waals surface area contributed by atoms with Crippen LogP contribution < -0.4 is 5.73 Å². The smallest absolute Gasteiger partial charge is 0.239 e. The molecule has 0 radical (unpaired) electrons. The average molecular weight is 186 g/mol. The number of likely N-dealkylation sites (tertiary alicyclic amines) is 1. The lowest BCUT2D eigenvalue weighted by atomic mass is 10.2. The Morgan fingerprint density at radius 2 is 2.46 bits per heavy atom. The van der Waals surface area contributed by atoms with Gasteiger partial charge in [0.2, 0.25) is 5.91 Å². The van der Waals surface area contributed by atoms with E-state index in [4.69, 9.17) is 10.5 Å². The van der Waals surface area contributed by atoms with Gasteiger partial charge in [0, 0.05) is 20.2 Å². The molecule has 0 aliphatic carbocycles. The Bertz CT molecular complexity index is 184. The van der Waals surface area contributed by atoms with Gasteiger partial charge in [0.25, 0.3) is 0 Å². The average Bonchev–Trinajstić information content (AvgIpc) is 2.63. The number of ether oxygens (including phenoxy) is 1. The number of rotatable bonds is 3. The van der Waals surface area contributed by atoms with E-state index in [0.29, 0.717) is 13.0 Å². The van der Waals surface area contributed by atoms with Gasteiger partial charge in [-0.25, -0.2) is 0 Å². The van der Waals surface area contributed by atoms with Crippen LogP contribution in [0.15, 0.2) is 0 Å². The highest BCUT2D eigenvalue weighted by atomic mass is 16.5. The third kappa shape index (κ3) is 2.42. The molecule has 1 fully saturated rings. The van der Waals surface area contributed by atoms with Crippen LogP contribution in [0.1, 0.15) is 19.8 Å². The van der Waals surface area contributed by atoms with E-state index in [2.05, 4.69) is 0 Å². The second-order valence-corrected chi connectivity index (χ2v) is 3.45. The van der Waals surface area contributed by atoms with Crippen molar-refractivity contribution in [3.8, 4) is 0 Å². The summed E-state index contributed by atoms with van der Waals surface area (Å²) in [5.41, 5.74) is 5.65. The Morgan fingerprint density at radius 3 is 2.92 bits per heavy atom. The van der Waals surface area contributed by atoms with Crippen LogP contribution >= 0.6 is 0 Å². The molecule has 1 rings (SSSR count). The zero-order chi connectivity index (χ0) is 9.84. The zero-order valence-corrected chi connectivity index (χ0v) is 8.32. The molecule has 13 heavy (non-hydrogen) atoms. The molecule has 2 unspecified atom stereocenters. The van der Waals surface area contributed by atoms with Gasteiger partial charge in [-0.2, -0.15) is 0 Å². The summed E-state index contributed by atoms with van der Waals surface area (Å²) in [5.74, 6) is 0.0575. The van der Waals surface area contributed by atoms with E-state index >= 15 is 0 Å². The molecule has 0 aromatic carbocycles. The van der Waals surface area contributed by atoms with Crippen LogP contribution in [0.4, 0.5) is 0 Å². The zero-order valence-electron chi connectivity index (χ0n) is 8.32. The highest BCUT2D eigenvalue weighted by Gasteiger charge is 2.28. The van der Waals surface area contributed by atoms with Gasteiger partial charge in [-0.15, -0.1) is 0 Å². The molecule has 0 saturated carbocycles. The normalized spacial score (nSPS) is 24.8. The summed E-state index contributed by atoms with van der Waals surface area (Å²) in [6.07, 6.45) is 1.83. The molecule has 0 spiro atoms. The van der Waals surface area contributed by atoms with Crippen molar-refractivity contribution in [2.24, 2.45) is 5.73 Å². The standard InChI is InChI=1S/C9H18N2O2/c1-3-8(10)9(12)11-5-4-7(6-11)13-2/h7-8H,3-6,10H2,1-2H3. The highest BCUT2D eigenvalue weighted by Crippen LogP contribution is 2.12. The summed E-state index contributed by atoms with van der Waals surface area (Å²) in [5, 5.41) is 0. The molecule has 1 aliphatic heterocycles. The topological polar surface area (TPSA) is 55.6 Å². The minimum atomic E-state index is -0.337. The van der Waals surface area contributed by atoms with E-state index in [1.54, 1.807) is 12.0 Å². The molecule has 1 heterocycles. The van der Waals surface area contributed by atoms with Crippen molar-refractivity contribution < 1.29 is 9.53 Å². The predicted octanol–water partition coefficient (Wildman–Crippen LogP) is -0.0290. The first kappa shape index (κ1) is 10.5. The van der Waals surface area contributed by atoms with Gasteiger partial charge in [-0.3, -0.25) is 4.79 Å². The van der Waals surface area contributed by atoms with Crippen molar-refractivity contribution in [2.45, 2.75) is 31.9 Å². The quantitative estimate of drug-likeness (QED) is 0.673. The van der Waals surface area contributed by atoms with Crippen molar-refractivity contribution in [2.75, 3.05) is 20.2 Å². The third-order valence-corrected chi connectivity index (χ3v) is 2.55. The van der Waals surface area contributed by atoms with Crippen LogP contribution in [0.25, 0.3) is 0 Å². The van der Waals surface area contributed by atoms with Crippen LogP contribution in [0.2, 0.25) is 0 Å². The lowest BCUT2D eigenvalue weighted by molar-refractivity contribution is -0.132. The second-order valence-electron chi connectivity index (χ2n) is 3.45. The van der Waals surface area contributed by atoms with Crippen molar-refractivity contribution in [1.82, 2.24) is 4.90 Å². The molecule has 0 aromatic rings. The fraction of sp³-hybridized carbons (Fsp3) is 0.889. The van der Waals surface area contributed by atoms with Crippen LogP contribution in [-0.2, 0) is 9.53 Å². The van der Waals surface area contributed by atoms with Crippen LogP contribution in [0.3, 0.4) is 0 Å². The summed E-state index contributed by atoms with van der Waals surface area (Å²) in [6, 6.07) is -0.337. The maximum absolute atomic E-state index is 11.6. The molecule has 0 aromatic heterocycles. The second kappa shape index (κ2) is 4.58. The summed E-state index contributed by atoms with van der Waals surface area (Å²) in [6.45, 7) is 3.40. The van der Waals surface area contributed by atoms with Gasteiger partial charge in [0.1, 0.15) is 0 Å². The van der Waals surface area contributed by atoms with E-state index in [1.165, 1.54) is 0 Å². The van der Waals surface area contributed by atoms with E-state index in [9.17, 15) is 4.79 Å². The monoisotopic (exact) mass is 186 g/mol. The number of carbonyl (C=O) groups excluding carboxylic acids is 1. The molecule has 4 heteroatoms. The minimum absolute atomic E-state index is 0.0575. The first-order chi connectivity index (χ1) is 6.19. The van der Waals surface area contributed by atoms with Gasteiger partial charge in [-0.1, -0.05) is 6.92 Å². The number of hydrogen-bond donors (Lipinski definition) is 1. The lowest BCUT2D eigenvalue weighted by Gasteiger charge is -2.19. The van der Waals surface area contributed by atoms with Crippen molar-refractivity contribution in [1.29, 1.82) is 0 Å². The first-order valence-corrected chi connectivity index (χ1v) is 4.76. The Hall–Kier alpha value is -0.610. The summed E-state index contributed by atoms with van der Waals surface area (Å²) < 4.78 is 5.17. The molecular formula is C9H18N2O2. The Morgan fingerprint density at radius 1 is 1.77 bits per heavy atom. The number of hydrogen-bond acceptors (Lipinski definition) is 3. The molecule has 0 bridgehead atoms. The molecule has 2 atom stereocenters. The maximum atomic E-state index is 11.6. The van der Waals surface area contributed by atoms with E-state index in [-0.39, 0.29) is 18.1 Å². The molecule has 1 amide bonds. The summed E-state index contributed by atoms with van der Waals surface area (Å²) in [7, 11) is 1.68. The van der Waals surface area contributed by atoms with E-state index in [0.717, 1.165) is 13.0 Å². The number of nitrogens with two attached hydrogens (primary N) is 1. The molecule has 76 valence electrons. The van der Waals surface area contributed by atoms with Gasteiger partial charge in [0.05, 0.1) is 12.1 Å². The Labute approximate surface area is 79.0 Å². The van der Waals surface area contributed by atoms with Crippen LogP contribution in [-0.4, -0.2) is 43.2 Å². The van der Waals surface area contributed by atoms with E-state index in [1.807, 2.05) is 6.92 Å². The van der Waals surface area contributed by atoms with Crippen molar-refractivity contribution >= 4 is 5.91 Å². The van der Waals surface area contributed by atoms with Gasteiger partial charge in [0.15, 0.2) is 0 Å². The lowest BCUT2D eigenvalue weighted by Crippen LogP contribution is -2.42. The maximum Gasteiger partial charge on any atom is 0.239 e. The fourth-order valence-electron chi connectivity index (χ4n) is 1.53. The van der Waals surface area contributed by atoms with Crippen molar-refractivity contribution in [3.63, 3.8) is 0 Å². The van der Waals surface area contributed by atoms with Gasteiger partial charge < -0.3 is 15.4 Å². The van der Waals surface area contributed by atoms with Gasteiger partial charge in [-0.05, 0) is 12.8 Å². The number of carbonyl (C=O) groups is 1. The summed E-state index contributed by atoms with van der Waals surface area (Å²) >= 11 is 0. The molecule has 1 aliphatic rings. The fourth-order valence-corrected chi connectivity index (χ4v) is 1.53. The number of amides is 1. The first-order valence-electron chi connectivity index (χ1n) is 4.76. The Balaban J connectivity index is 2.41. The van der Waals surface area contributed by atoms with Crippen molar-refractivity contribution in [3.05, 3.63) is 0 Å². The summed E-state index contributed by atoms with van der Waals surface area (Å²) in [4.78, 5) is 13.4. The van der Waals surface area contributed by atoms with Gasteiger partial charge >= 0.3 is 0 Å². The van der Waals surface area contributed by atoms with Crippen LogP contribution in [0.5, 0.6) is 0 Å². The highest BCUT2D eigenvalue weighted by molar-refractivity contribution is 5.81. The molecule has 4 nitrogen and oxygen atoms in total. The third-order valence-electron chi connectivity index (χ3n) is 2.55. The molecule has 1 saturated heterocycles. The SMILES string of the molecule is CCC(N)C(=O)N1CCC(OC)C1. The Kier molecular flexibility index (Phi) is 3.69. The largest absolute Gasteiger partial charge is 0.380 e. The molecule has 2 N–H and O–H groups in total. The number of nitrogens with zero attached hydrogens (tertiary/aromatic N) is 1. The minimum Gasteiger partial charge on any atom is -0.380 e. The number of methoxy groups -OCH3 is 1. The van der Waals surface area contributed by atoms with E-state index < -0.39 is 0 Å².